The second kappa shape index (κ2) is 7.16. The summed E-state index contributed by atoms with van der Waals surface area (Å²) in [6, 6.07) is 20.4. The zero-order valence-corrected chi connectivity index (χ0v) is 17.9. The molecule has 5 nitrogen and oxygen atoms in total. The lowest BCUT2D eigenvalue weighted by molar-refractivity contribution is -0.118. The van der Waals surface area contributed by atoms with Crippen LogP contribution < -0.4 is 14.8 Å². The quantitative estimate of drug-likeness (QED) is 0.431. The Kier molecular flexibility index (Phi) is 4.25. The van der Waals surface area contributed by atoms with Crippen LogP contribution >= 0.6 is 0 Å². The predicted octanol–water partition coefficient (Wildman–Crippen LogP) is 5.83. The van der Waals surface area contributed by atoms with Crippen LogP contribution in [0.25, 0.3) is 22.0 Å². The maximum absolute atomic E-state index is 13.4. The number of hydrogen-bond donors (Lipinski definition) is 2. The number of aryl methyl sites for hydroxylation is 1. The average molecular weight is 427 g/mol. The SMILES string of the molecule is Cc1ccc(NC(=O)C2(c3ccc4c(c3)OCCO4)CC2)cc1-c1ccc2[nH]ccc2c1.[HH]. The van der Waals surface area contributed by atoms with Crippen molar-refractivity contribution in [3.63, 3.8) is 0 Å². The van der Waals surface area contributed by atoms with E-state index in [2.05, 4.69) is 53.6 Å². The summed E-state index contributed by atoms with van der Waals surface area (Å²) in [7, 11) is 0. The number of carbonyl (C=O) groups excluding carboxylic acids is 1. The first-order valence-electron chi connectivity index (χ1n) is 11.0. The van der Waals surface area contributed by atoms with Crippen molar-refractivity contribution in [3.8, 4) is 22.6 Å². The molecular weight excluding hydrogens is 400 g/mol. The minimum Gasteiger partial charge on any atom is -0.486 e. The van der Waals surface area contributed by atoms with E-state index in [1.54, 1.807) is 0 Å². The van der Waals surface area contributed by atoms with Gasteiger partial charge in [-0.25, -0.2) is 0 Å². The second-order valence-electron chi connectivity index (χ2n) is 8.70. The standard InChI is InChI=1S/C27H24N2O3.H2/c1-17-2-5-21(16-22(17)18-3-6-23-19(14-18)8-11-28-23)29-26(30)27(9-10-27)20-4-7-24-25(15-20)32-13-12-31-24;/h2-8,11,14-16,28H,9-10,12-13H2,1H3,(H,29,30);1H. The van der Waals surface area contributed by atoms with Crippen LogP contribution in [0.15, 0.2) is 66.9 Å². The monoisotopic (exact) mass is 426 g/mol. The number of amides is 1. The highest BCUT2D eigenvalue weighted by Crippen LogP contribution is 2.51. The van der Waals surface area contributed by atoms with Gasteiger partial charge in [0.1, 0.15) is 13.2 Å². The van der Waals surface area contributed by atoms with Crippen LogP contribution in [0.5, 0.6) is 11.5 Å². The third kappa shape index (κ3) is 3.12. The fourth-order valence-corrected chi connectivity index (χ4v) is 4.60. The Morgan fingerprint density at radius 3 is 2.66 bits per heavy atom. The molecule has 2 heterocycles. The third-order valence-corrected chi connectivity index (χ3v) is 6.64. The zero-order valence-electron chi connectivity index (χ0n) is 17.9. The van der Waals surface area contributed by atoms with Gasteiger partial charge < -0.3 is 19.8 Å². The highest BCUT2D eigenvalue weighted by molar-refractivity contribution is 6.02. The van der Waals surface area contributed by atoms with Crippen molar-refractivity contribution < 1.29 is 15.7 Å². The van der Waals surface area contributed by atoms with E-state index in [1.165, 1.54) is 10.9 Å². The molecular formula is C27H26N2O3. The average Bonchev–Trinajstić information content (AvgIpc) is 3.51. The molecule has 4 aromatic rings. The molecule has 2 N–H and O–H groups in total. The maximum Gasteiger partial charge on any atom is 0.235 e. The Bertz CT molecular complexity index is 1360. The molecule has 32 heavy (non-hydrogen) atoms. The number of nitrogens with one attached hydrogen (secondary N) is 2. The molecule has 6 rings (SSSR count). The molecule has 162 valence electrons. The van der Waals surface area contributed by atoms with Crippen LogP contribution in [0.2, 0.25) is 0 Å². The van der Waals surface area contributed by atoms with E-state index in [-0.39, 0.29) is 7.33 Å². The van der Waals surface area contributed by atoms with Crippen LogP contribution in [0, 0.1) is 6.92 Å². The highest BCUT2D eigenvalue weighted by Gasteiger charge is 2.51. The minimum atomic E-state index is -0.495. The smallest absolute Gasteiger partial charge is 0.235 e. The molecule has 0 bridgehead atoms. The minimum absolute atomic E-state index is 0. The Hall–Kier alpha value is -3.73. The fraction of sp³-hybridized carbons (Fsp3) is 0.222. The third-order valence-electron chi connectivity index (χ3n) is 6.64. The van der Waals surface area contributed by atoms with Gasteiger partial charge in [0, 0.05) is 18.8 Å². The number of aromatic amines is 1. The molecule has 1 aliphatic carbocycles. The number of anilines is 1. The summed E-state index contributed by atoms with van der Waals surface area (Å²) in [5, 5.41) is 4.35. The number of hydrogen-bond acceptors (Lipinski definition) is 3. The summed E-state index contributed by atoms with van der Waals surface area (Å²) < 4.78 is 11.4. The summed E-state index contributed by atoms with van der Waals surface area (Å²) in [5.74, 6) is 1.51. The molecule has 0 radical (unpaired) electrons. The Morgan fingerprint density at radius 2 is 1.81 bits per heavy atom. The first-order valence-corrected chi connectivity index (χ1v) is 11.0. The summed E-state index contributed by atoms with van der Waals surface area (Å²) in [4.78, 5) is 16.6. The summed E-state index contributed by atoms with van der Waals surface area (Å²) in [6.07, 6.45) is 3.62. The lowest BCUT2D eigenvalue weighted by Gasteiger charge is -2.22. The Balaban J connectivity index is 0.00000228. The van der Waals surface area contributed by atoms with Crippen molar-refractivity contribution in [2.24, 2.45) is 0 Å². The van der Waals surface area contributed by atoms with E-state index in [9.17, 15) is 4.79 Å². The number of aromatic nitrogens is 1. The molecule has 0 saturated heterocycles. The van der Waals surface area contributed by atoms with Gasteiger partial charge in [-0.15, -0.1) is 0 Å². The lowest BCUT2D eigenvalue weighted by atomic mass is 9.94. The zero-order chi connectivity index (χ0) is 21.7. The van der Waals surface area contributed by atoms with Gasteiger partial charge >= 0.3 is 0 Å². The van der Waals surface area contributed by atoms with Crippen molar-refractivity contribution in [1.29, 1.82) is 0 Å². The van der Waals surface area contributed by atoms with Gasteiger partial charge in [0.25, 0.3) is 0 Å². The van der Waals surface area contributed by atoms with Crippen LogP contribution in [0.4, 0.5) is 5.69 Å². The summed E-state index contributed by atoms with van der Waals surface area (Å²) in [5.41, 5.74) is 5.86. The highest BCUT2D eigenvalue weighted by atomic mass is 16.6. The fourth-order valence-electron chi connectivity index (χ4n) is 4.60. The van der Waals surface area contributed by atoms with E-state index in [4.69, 9.17) is 9.47 Å². The number of rotatable bonds is 4. The summed E-state index contributed by atoms with van der Waals surface area (Å²) >= 11 is 0. The second-order valence-corrected chi connectivity index (χ2v) is 8.70. The number of ether oxygens (including phenoxy) is 2. The van der Waals surface area contributed by atoms with Gasteiger partial charge in [0.15, 0.2) is 11.5 Å². The first kappa shape index (κ1) is 19.0. The molecule has 1 aromatic heterocycles. The maximum atomic E-state index is 13.4. The van der Waals surface area contributed by atoms with Gasteiger partial charge in [0.2, 0.25) is 5.91 Å². The lowest BCUT2D eigenvalue weighted by Crippen LogP contribution is -2.28. The van der Waals surface area contributed by atoms with Crippen molar-refractivity contribution in [2.45, 2.75) is 25.2 Å². The van der Waals surface area contributed by atoms with Gasteiger partial charge in [0.05, 0.1) is 5.41 Å². The van der Waals surface area contributed by atoms with Crippen LogP contribution in [0.1, 0.15) is 25.4 Å². The number of benzene rings is 3. The van der Waals surface area contributed by atoms with E-state index in [1.807, 2.05) is 30.5 Å². The van der Waals surface area contributed by atoms with Crippen molar-refractivity contribution in [2.75, 3.05) is 18.5 Å². The normalized spacial score (nSPS) is 16.0. The van der Waals surface area contributed by atoms with Gasteiger partial charge in [-0.3, -0.25) is 4.79 Å². The van der Waals surface area contributed by atoms with E-state index >= 15 is 0 Å². The molecule has 1 amide bonds. The van der Waals surface area contributed by atoms with Gasteiger partial charge in [-0.2, -0.15) is 0 Å². The van der Waals surface area contributed by atoms with Gasteiger partial charge in [-0.1, -0.05) is 18.2 Å². The largest absolute Gasteiger partial charge is 0.486 e. The molecule has 1 saturated carbocycles. The van der Waals surface area contributed by atoms with E-state index in [0.717, 1.165) is 52.2 Å². The Labute approximate surface area is 187 Å². The van der Waals surface area contributed by atoms with Gasteiger partial charge in [-0.05, 0) is 89.9 Å². The molecule has 0 spiro atoms. The first-order chi connectivity index (χ1) is 15.6. The molecule has 0 atom stereocenters. The molecule has 1 fully saturated rings. The topological polar surface area (TPSA) is 63.4 Å². The van der Waals surface area contributed by atoms with Crippen molar-refractivity contribution >= 4 is 22.5 Å². The number of fused-ring (bicyclic) bond motifs is 2. The van der Waals surface area contributed by atoms with Crippen molar-refractivity contribution in [3.05, 3.63) is 78.0 Å². The van der Waals surface area contributed by atoms with E-state index in [0.29, 0.717) is 13.2 Å². The number of H-pyrrole nitrogens is 1. The van der Waals surface area contributed by atoms with E-state index < -0.39 is 5.41 Å². The Morgan fingerprint density at radius 1 is 0.969 bits per heavy atom. The molecule has 1 aliphatic heterocycles. The van der Waals surface area contributed by atoms with Crippen LogP contribution in [-0.2, 0) is 10.2 Å². The summed E-state index contributed by atoms with van der Waals surface area (Å²) in [6.45, 7) is 3.20. The van der Waals surface area contributed by atoms with Crippen LogP contribution in [0.3, 0.4) is 0 Å². The predicted molar refractivity (Wildman–Crippen MR) is 128 cm³/mol. The molecule has 5 heteroatoms. The molecule has 2 aliphatic rings. The molecule has 3 aromatic carbocycles. The van der Waals surface area contributed by atoms with Crippen molar-refractivity contribution in [1.82, 2.24) is 4.98 Å². The number of carbonyl (C=O) groups is 1. The van der Waals surface area contributed by atoms with Crippen LogP contribution in [-0.4, -0.2) is 24.1 Å². The molecule has 0 unspecified atom stereocenters.